The number of hydrogen-bond donors (Lipinski definition) is 3. The molecule has 2 amide bonds. The minimum atomic E-state index is -3.50. The van der Waals surface area contributed by atoms with Gasteiger partial charge < -0.3 is 34.6 Å². The summed E-state index contributed by atoms with van der Waals surface area (Å²) in [4.78, 5) is 49.8. The molecule has 4 aromatic rings. The number of imide groups is 1. The molecule has 0 bridgehead atoms. The van der Waals surface area contributed by atoms with E-state index >= 15 is 4.39 Å². The minimum absolute atomic E-state index is 0.00246. The molecule has 334 valence electrons. The molecule has 2 unspecified atom stereocenters. The fourth-order valence-corrected chi connectivity index (χ4v) is 13.7. The molecule has 2 aliphatic carbocycles. The number of carbonyl (C=O) groups is 2. The van der Waals surface area contributed by atoms with Gasteiger partial charge in [-0.15, -0.1) is 0 Å². The Morgan fingerprint density at radius 1 is 0.921 bits per heavy atom. The Hall–Kier alpha value is -5.06. The van der Waals surface area contributed by atoms with Crippen molar-refractivity contribution >= 4 is 61.1 Å². The number of aliphatic hydroxyl groups excluding tert-OH is 1. The lowest BCUT2D eigenvalue weighted by Gasteiger charge is -2.52. The lowest BCUT2D eigenvalue weighted by molar-refractivity contribution is -0.134. The van der Waals surface area contributed by atoms with Gasteiger partial charge >= 0.3 is 0 Å². The second-order valence-electron chi connectivity index (χ2n) is 19.1. The minimum Gasteiger partial charge on any atom is -0.369 e. The predicted molar refractivity (Wildman–Crippen MR) is 241 cm³/mol. The third kappa shape index (κ3) is 7.54. The van der Waals surface area contributed by atoms with E-state index in [-0.39, 0.29) is 46.7 Å². The van der Waals surface area contributed by atoms with Crippen molar-refractivity contribution in [3.63, 3.8) is 0 Å². The van der Waals surface area contributed by atoms with E-state index in [0.29, 0.717) is 53.9 Å². The van der Waals surface area contributed by atoms with Crippen LogP contribution in [0.4, 0.5) is 33.0 Å². The van der Waals surface area contributed by atoms with Gasteiger partial charge in [-0.3, -0.25) is 19.7 Å². The van der Waals surface area contributed by atoms with Crippen LogP contribution in [0.25, 0.3) is 10.9 Å². The van der Waals surface area contributed by atoms with E-state index in [1.165, 1.54) is 9.80 Å². The Morgan fingerprint density at radius 3 is 2.37 bits per heavy atom. The number of aryl methyl sites for hydroxylation is 1. The molecule has 1 spiro atoms. The van der Waals surface area contributed by atoms with Crippen molar-refractivity contribution < 1.29 is 27.5 Å². The zero-order valence-electron chi connectivity index (χ0n) is 36.1. The molecular weight excluding hydrogens is 824 g/mol. The summed E-state index contributed by atoms with van der Waals surface area (Å²) in [5.41, 5.74) is 3.70. The number of amides is 2. The van der Waals surface area contributed by atoms with Gasteiger partial charge in [0.05, 0.1) is 27.0 Å². The molecule has 63 heavy (non-hydrogen) atoms. The van der Waals surface area contributed by atoms with Gasteiger partial charge in [0.2, 0.25) is 18.2 Å². The van der Waals surface area contributed by atoms with Crippen LogP contribution >= 0.6 is 0 Å². The normalized spacial score (nSPS) is 23.7. The maximum Gasteiger partial charge on any atom is 0.251 e. The van der Waals surface area contributed by atoms with Crippen LogP contribution in [-0.4, -0.2) is 97.2 Å². The molecule has 6 aliphatic rings. The Morgan fingerprint density at radius 2 is 1.65 bits per heavy atom. The van der Waals surface area contributed by atoms with Crippen molar-refractivity contribution in [1.29, 1.82) is 0 Å². The number of piperidine rings is 3. The summed E-state index contributed by atoms with van der Waals surface area (Å²) in [6, 6.07) is 13.6. The molecule has 4 aliphatic heterocycles. The molecule has 2 aromatic carbocycles. The molecule has 2 saturated carbocycles. The zero-order valence-corrected chi connectivity index (χ0v) is 36.9. The number of fused-ring (bicyclic) bond motifs is 2. The first-order valence-electron chi connectivity index (χ1n) is 22.7. The smallest absolute Gasteiger partial charge is 0.251 e. The molecule has 14 nitrogen and oxygen atoms in total. The standard InChI is InChI=1S/C47H57FN8O6S/c1-29-23-33(8-9-35(29)50-40-24-39-31(27-49-40)7-14-42(58)55(39)32-5-3-4-6-32)63(61,62)34-25-47(26-34)17-21-53(22-18-47)28-30-15-19-54(20-16-30)36-10-11-37-44(43(36)48)52(2)46(60)56(37)38-12-13-41(57)51-45(38)59/h7-11,14,23-24,27,30,32,34,38,46,60H,3-6,12-13,15-22,25-26,28H2,1-2H3,(H,49,50)(H,51,57,59). The van der Waals surface area contributed by atoms with Crippen LogP contribution in [0.5, 0.6) is 0 Å². The lowest BCUT2D eigenvalue weighted by Crippen LogP contribution is -2.56. The number of anilines is 5. The van der Waals surface area contributed by atoms with Crippen LogP contribution in [0.15, 0.2) is 64.4 Å². The number of halogens is 1. The second kappa shape index (κ2) is 16.2. The van der Waals surface area contributed by atoms with E-state index in [0.717, 1.165) is 93.2 Å². The summed E-state index contributed by atoms with van der Waals surface area (Å²) in [5, 5.41) is 17.3. The number of benzene rings is 2. The van der Waals surface area contributed by atoms with Crippen molar-refractivity contribution in [2.75, 3.05) is 59.8 Å². The van der Waals surface area contributed by atoms with Crippen LogP contribution in [0.2, 0.25) is 0 Å². The Kier molecular flexibility index (Phi) is 10.8. The van der Waals surface area contributed by atoms with Crippen molar-refractivity contribution in [1.82, 2.24) is 19.8 Å². The van der Waals surface area contributed by atoms with Gasteiger partial charge in [0, 0.05) is 68.5 Å². The topological polar surface area (TPSA) is 160 Å². The van der Waals surface area contributed by atoms with Gasteiger partial charge in [-0.05, 0) is 131 Å². The molecule has 10 rings (SSSR count). The van der Waals surface area contributed by atoms with Gasteiger partial charge in [0.1, 0.15) is 17.5 Å². The molecule has 16 heteroatoms. The van der Waals surface area contributed by atoms with Gasteiger partial charge in [-0.2, -0.15) is 0 Å². The summed E-state index contributed by atoms with van der Waals surface area (Å²) >= 11 is 0. The van der Waals surface area contributed by atoms with Crippen LogP contribution in [-0.2, 0) is 19.4 Å². The second-order valence-corrected chi connectivity index (χ2v) is 21.3. The van der Waals surface area contributed by atoms with Crippen molar-refractivity contribution in [2.24, 2.45) is 11.3 Å². The highest BCUT2D eigenvalue weighted by Gasteiger charge is 2.51. The Balaban J connectivity index is 0.714. The van der Waals surface area contributed by atoms with E-state index in [4.69, 9.17) is 0 Å². The molecule has 3 saturated heterocycles. The molecule has 5 fully saturated rings. The molecule has 6 heterocycles. The zero-order chi connectivity index (χ0) is 43.8. The van der Waals surface area contributed by atoms with Gasteiger partial charge in [0.25, 0.3) is 5.56 Å². The Bertz CT molecular complexity index is 2630. The summed E-state index contributed by atoms with van der Waals surface area (Å²) < 4.78 is 46.0. The highest BCUT2D eigenvalue weighted by Crippen LogP contribution is 2.53. The number of rotatable bonds is 9. The summed E-state index contributed by atoms with van der Waals surface area (Å²) in [6.07, 6.45) is 10.4. The average molecular weight is 881 g/mol. The van der Waals surface area contributed by atoms with E-state index in [1.54, 1.807) is 43.6 Å². The summed E-state index contributed by atoms with van der Waals surface area (Å²) in [5.74, 6) is -0.163. The number of nitrogens with zero attached hydrogens (tertiary/aromatic N) is 6. The largest absolute Gasteiger partial charge is 0.369 e. The van der Waals surface area contributed by atoms with E-state index in [1.807, 2.05) is 29.7 Å². The lowest BCUT2D eigenvalue weighted by atomic mass is 9.63. The van der Waals surface area contributed by atoms with Gasteiger partial charge in [-0.1, -0.05) is 12.8 Å². The molecule has 0 radical (unpaired) electrons. The first-order valence-corrected chi connectivity index (χ1v) is 24.3. The molecular formula is C47H57FN8O6S. The predicted octanol–water partition coefficient (Wildman–Crippen LogP) is 5.97. The molecule has 3 N–H and O–H groups in total. The first-order chi connectivity index (χ1) is 30.3. The van der Waals surface area contributed by atoms with Crippen molar-refractivity contribution in [3.05, 3.63) is 76.5 Å². The highest BCUT2D eigenvalue weighted by atomic mass is 32.2. The number of carbonyl (C=O) groups excluding carboxylic acids is 2. The van der Waals surface area contributed by atoms with Crippen LogP contribution in [0, 0.1) is 24.1 Å². The highest BCUT2D eigenvalue weighted by molar-refractivity contribution is 7.92. The maximum absolute atomic E-state index is 16.2. The number of aromatic nitrogens is 2. The number of likely N-dealkylation sites (tertiary alicyclic amines) is 1. The van der Waals surface area contributed by atoms with Crippen LogP contribution < -0.4 is 30.9 Å². The van der Waals surface area contributed by atoms with E-state index < -0.39 is 34.0 Å². The van der Waals surface area contributed by atoms with Gasteiger partial charge in [0.15, 0.2) is 15.7 Å². The number of nitrogens with one attached hydrogen (secondary N) is 2. The molecule has 2 atom stereocenters. The van der Waals surface area contributed by atoms with Crippen molar-refractivity contribution in [3.8, 4) is 0 Å². The van der Waals surface area contributed by atoms with Crippen molar-refractivity contribution in [2.45, 2.75) is 113 Å². The number of sulfone groups is 1. The Labute approximate surface area is 367 Å². The fourth-order valence-electron chi connectivity index (χ4n) is 11.5. The van der Waals surface area contributed by atoms with Crippen LogP contribution in [0.3, 0.4) is 0 Å². The first kappa shape index (κ1) is 41.9. The molecule has 2 aromatic heterocycles. The van der Waals surface area contributed by atoms with E-state index in [2.05, 4.69) is 25.4 Å². The SMILES string of the molecule is Cc1cc(S(=O)(=O)C2CC3(CCN(CC4CCN(c5ccc6c(c5F)N(C)C(O)N6C5CCC(=O)NC5=O)CC4)CC3)C2)ccc1Nc1cc2c(ccc(=O)n2C2CCCC2)cn1. The number of aliphatic hydroxyl groups is 1. The maximum atomic E-state index is 16.2. The summed E-state index contributed by atoms with van der Waals surface area (Å²) in [6.45, 7) is 6.20. The monoisotopic (exact) mass is 880 g/mol. The third-order valence-electron chi connectivity index (χ3n) is 15.3. The number of hydrogen-bond acceptors (Lipinski definition) is 12. The van der Waals surface area contributed by atoms with Gasteiger partial charge in [-0.25, -0.2) is 17.8 Å². The fraction of sp³-hybridized carbons (Fsp3) is 0.532. The van der Waals surface area contributed by atoms with E-state index in [9.17, 15) is 27.9 Å². The quantitative estimate of drug-likeness (QED) is 0.169. The average Bonchev–Trinajstić information content (AvgIpc) is 3.88. The summed E-state index contributed by atoms with van der Waals surface area (Å²) in [7, 11) is -1.89. The number of pyridine rings is 2. The van der Waals surface area contributed by atoms with Crippen LogP contribution in [0.1, 0.15) is 88.7 Å². The third-order valence-corrected chi connectivity index (χ3v) is 17.4.